The Morgan fingerprint density at radius 2 is 2.26 bits per heavy atom. The summed E-state index contributed by atoms with van der Waals surface area (Å²) in [6, 6.07) is 0. The maximum absolute atomic E-state index is 11.5. The third kappa shape index (κ3) is 6.71. The van der Waals surface area contributed by atoms with E-state index in [-0.39, 0.29) is 29.9 Å². The third-order valence-corrected chi connectivity index (χ3v) is 3.36. The van der Waals surface area contributed by atoms with Gasteiger partial charge < -0.3 is 20.1 Å². The van der Waals surface area contributed by atoms with Crippen molar-refractivity contribution < 1.29 is 9.32 Å². The van der Waals surface area contributed by atoms with Gasteiger partial charge >= 0.3 is 0 Å². The molecule has 1 saturated heterocycles. The largest absolute Gasteiger partial charge is 0.357 e. The second-order valence-corrected chi connectivity index (χ2v) is 5.19. The van der Waals surface area contributed by atoms with Crippen molar-refractivity contribution in [3.63, 3.8) is 0 Å². The van der Waals surface area contributed by atoms with Crippen LogP contribution in [0.1, 0.15) is 37.9 Å². The van der Waals surface area contributed by atoms with Crippen molar-refractivity contribution in [2.45, 2.75) is 39.7 Å². The van der Waals surface area contributed by atoms with Crippen LogP contribution in [0.5, 0.6) is 0 Å². The van der Waals surface area contributed by atoms with Crippen LogP contribution in [0, 0.1) is 6.92 Å². The molecule has 23 heavy (non-hydrogen) atoms. The summed E-state index contributed by atoms with van der Waals surface area (Å²) in [5.41, 5.74) is 0. The van der Waals surface area contributed by atoms with Crippen molar-refractivity contribution >= 4 is 35.8 Å². The Morgan fingerprint density at radius 1 is 1.43 bits per heavy atom. The quantitative estimate of drug-likeness (QED) is 0.287. The first kappa shape index (κ1) is 19.7. The van der Waals surface area contributed by atoms with Gasteiger partial charge in [0.15, 0.2) is 11.8 Å². The molecule has 8 nitrogen and oxygen atoms in total. The second-order valence-electron chi connectivity index (χ2n) is 5.19. The predicted octanol–water partition coefficient (Wildman–Crippen LogP) is 1.06. The van der Waals surface area contributed by atoms with Gasteiger partial charge in [-0.15, -0.1) is 24.0 Å². The zero-order chi connectivity index (χ0) is 15.8. The molecule has 2 rings (SSSR count). The lowest BCUT2D eigenvalue weighted by Crippen LogP contribution is -2.39. The number of carbonyl (C=O) groups excluding carboxylic acids is 1. The van der Waals surface area contributed by atoms with Gasteiger partial charge in [-0.05, 0) is 19.8 Å². The fourth-order valence-corrected chi connectivity index (χ4v) is 2.31. The molecule has 1 aromatic heterocycles. The molecular weight excluding hydrogens is 411 g/mol. The van der Waals surface area contributed by atoms with Gasteiger partial charge in [0, 0.05) is 39.5 Å². The molecular formula is C14H25IN6O2. The van der Waals surface area contributed by atoms with Crippen molar-refractivity contribution in [3.05, 3.63) is 11.7 Å². The molecule has 0 radical (unpaired) electrons. The highest BCUT2D eigenvalue weighted by molar-refractivity contribution is 14.0. The first-order chi connectivity index (χ1) is 10.7. The SMILES string of the molecule is CCNC(=NCc1noc(C)n1)NCCCN1CCCC1=O.I. The van der Waals surface area contributed by atoms with E-state index in [0.717, 1.165) is 45.0 Å². The summed E-state index contributed by atoms with van der Waals surface area (Å²) in [5, 5.41) is 10.2. The third-order valence-electron chi connectivity index (χ3n) is 3.36. The average Bonchev–Trinajstić information content (AvgIpc) is 3.09. The molecule has 2 N–H and O–H groups in total. The first-order valence-corrected chi connectivity index (χ1v) is 7.78. The molecule has 2 heterocycles. The van der Waals surface area contributed by atoms with Crippen LogP contribution in [0.2, 0.25) is 0 Å². The van der Waals surface area contributed by atoms with Gasteiger partial charge in [-0.1, -0.05) is 5.16 Å². The summed E-state index contributed by atoms with van der Waals surface area (Å²) in [6.45, 7) is 7.38. The van der Waals surface area contributed by atoms with E-state index in [1.165, 1.54) is 0 Å². The van der Waals surface area contributed by atoms with Gasteiger partial charge in [0.2, 0.25) is 11.8 Å². The molecule has 1 amide bonds. The average molecular weight is 436 g/mol. The number of hydrogen-bond acceptors (Lipinski definition) is 5. The minimum absolute atomic E-state index is 0. The summed E-state index contributed by atoms with van der Waals surface area (Å²) >= 11 is 0. The van der Waals surface area contributed by atoms with Crippen molar-refractivity contribution in [1.82, 2.24) is 25.7 Å². The molecule has 0 aliphatic carbocycles. The molecule has 1 aliphatic heterocycles. The van der Waals surface area contributed by atoms with E-state index in [1.54, 1.807) is 6.92 Å². The molecule has 130 valence electrons. The minimum atomic E-state index is 0. The summed E-state index contributed by atoms with van der Waals surface area (Å²) in [5.74, 6) is 2.10. The molecule has 0 unspecified atom stereocenters. The predicted molar refractivity (Wildman–Crippen MR) is 97.7 cm³/mol. The fraction of sp³-hybridized carbons (Fsp3) is 0.714. The lowest BCUT2D eigenvalue weighted by molar-refractivity contribution is -0.127. The van der Waals surface area contributed by atoms with E-state index in [4.69, 9.17) is 4.52 Å². The number of guanidine groups is 1. The Kier molecular flexibility index (Phi) is 8.89. The van der Waals surface area contributed by atoms with Crippen LogP contribution in [-0.2, 0) is 11.3 Å². The van der Waals surface area contributed by atoms with Gasteiger partial charge in [-0.2, -0.15) is 4.98 Å². The summed E-state index contributed by atoms with van der Waals surface area (Å²) in [4.78, 5) is 22.0. The van der Waals surface area contributed by atoms with E-state index < -0.39 is 0 Å². The number of rotatable bonds is 7. The van der Waals surface area contributed by atoms with Crippen molar-refractivity contribution in [2.24, 2.45) is 4.99 Å². The monoisotopic (exact) mass is 436 g/mol. The summed E-state index contributed by atoms with van der Waals surface area (Å²) < 4.78 is 4.91. The number of aliphatic imine (C=N–C) groups is 1. The van der Waals surface area contributed by atoms with Crippen LogP contribution in [0.3, 0.4) is 0 Å². The maximum atomic E-state index is 11.5. The number of nitrogens with zero attached hydrogens (tertiary/aromatic N) is 4. The van der Waals surface area contributed by atoms with Crippen molar-refractivity contribution in [2.75, 3.05) is 26.2 Å². The Labute approximate surface area is 153 Å². The van der Waals surface area contributed by atoms with Crippen LogP contribution >= 0.6 is 24.0 Å². The molecule has 1 aromatic rings. The number of aromatic nitrogens is 2. The normalized spacial score (nSPS) is 14.8. The zero-order valence-electron chi connectivity index (χ0n) is 13.7. The van der Waals surface area contributed by atoms with Gasteiger partial charge in [0.25, 0.3) is 0 Å². The number of amides is 1. The van der Waals surface area contributed by atoms with Crippen LogP contribution < -0.4 is 10.6 Å². The highest BCUT2D eigenvalue weighted by Gasteiger charge is 2.18. The summed E-state index contributed by atoms with van der Waals surface area (Å²) in [7, 11) is 0. The van der Waals surface area contributed by atoms with Crippen LogP contribution in [0.4, 0.5) is 0 Å². The molecule has 0 bridgehead atoms. The minimum Gasteiger partial charge on any atom is -0.357 e. The van der Waals surface area contributed by atoms with E-state index in [9.17, 15) is 4.79 Å². The zero-order valence-corrected chi connectivity index (χ0v) is 16.0. The van der Waals surface area contributed by atoms with E-state index in [2.05, 4.69) is 25.8 Å². The number of likely N-dealkylation sites (tertiary alicyclic amines) is 1. The number of aryl methyl sites for hydroxylation is 1. The molecule has 9 heteroatoms. The first-order valence-electron chi connectivity index (χ1n) is 7.78. The molecule has 0 aromatic carbocycles. The smallest absolute Gasteiger partial charge is 0.223 e. The number of halogens is 1. The number of nitrogens with one attached hydrogen (secondary N) is 2. The van der Waals surface area contributed by atoms with E-state index in [1.807, 2.05) is 11.8 Å². The van der Waals surface area contributed by atoms with E-state index >= 15 is 0 Å². The number of hydrogen-bond donors (Lipinski definition) is 2. The van der Waals surface area contributed by atoms with Crippen LogP contribution in [-0.4, -0.2) is 53.1 Å². The topological polar surface area (TPSA) is 95.7 Å². The van der Waals surface area contributed by atoms with Crippen LogP contribution in [0.15, 0.2) is 9.52 Å². The highest BCUT2D eigenvalue weighted by atomic mass is 127. The Morgan fingerprint density at radius 3 is 2.87 bits per heavy atom. The Bertz CT molecular complexity index is 519. The van der Waals surface area contributed by atoms with Gasteiger partial charge in [-0.25, -0.2) is 4.99 Å². The van der Waals surface area contributed by atoms with Crippen LogP contribution in [0.25, 0.3) is 0 Å². The molecule has 0 saturated carbocycles. The molecule has 0 atom stereocenters. The van der Waals surface area contributed by atoms with Gasteiger partial charge in [0.05, 0.1) is 0 Å². The number of carbonyl (C=O) groups is 1. The van der Waals surface area contributed by atoms with Crippen molar-refractivity contribution in [3.8, 4) is 0 Å². The molecule has 1 aliphatic rings. The standard InChI is InChI=1S/C14H24N6O2.HI/c1-3-15-14(17-10-12-18-11(2)22-19-12)16-7-5-9-20-8-4-6-13(20)21;/h3-10H2,1-2H3,(H2,15,16,17);1H. The van der Waals surface area contributed by atoms with Gasteiger partial charge in [0.1, 0.15) is 6.54 Å². The van der Waals surface area contributed by atoms with Crippen molar-refractivity contribution in [1.29, 1.82) is 0 Å². The Hall–Kier alpha value is -1.39. The Balaban J connectivity index is 0.00000264. The van der Waals surface area contributed by atoms with Gasteiger partial charge in [-0.3, -0.25) is 4.79 Å². The lowest BCUT2D eigenvalue weighted by atomic mass is 10.4. The fourth-order valence-electron chi connectivity index (χ4n) is 2.31. The molecule has 0 spiro atoms. The second kappa shape index (κ2) is 10.4. The highest BCUT2D eigenvalue weighted by Crippen LogP contribution is 2.09. The summed E-state index contributed by atoms with van der Waals surface area (Å²) in [6.07, 6.45) is 2.58. The maximum Gasteiger partial charge on any atom is 0.223 e. The van der Waals surface area contributed by atoms with E-state index in [0.29, 0.717) is 24.7 Å². The molecule has 1 fully saturated rings. The lowest BCUT2D eigenvalue weighted by Gasteiger charge is -2.16.